The van der Waals surface area contributed by atoms with Crippen LogP contribution in [-0.4, -0.2) is 39.9 Å². The van der Waals surface area contributed by atoms with Gasteiger partial charge in [-0.1, -0.05) is 35.9 Å². The van der Waals surface area contributed by atoms with E-state index in [1.54, 1.807) is 22.7 Å². The summed E-state index contributed by atoms with van der Waals surface area (Å²) in [7, 11) is 1.80. The fraction of sp³-hybridized carbons (Fsp3) is 0.429. The normalized spacial score (nSPS) is 18.9. The maximum atomic E-state index is 13.3. The Kier molecular flexibility index (Phi) is 4.77. The monoisotopic (exact) mass is 389 g/mol. The highest BCUT2D eigenvalue weighted by Crippen LogP contribution is 2.40. The van der Waals surface area contributed by atoms with Gasteiger partial charge in [0, 0.05) is 25.5 Å². The Hall–Kier alpha value is -2.57. The lowest BCUT2D eigenvalue weighted by Crippen LogP contribution is -2.39. The van der Waals surface area contributed by atoms with Gasteiger partial charge in [0.05, 0.1) is 11.1 Å². The Balaban J connectivity index is 1.52. The fourth-order valence-electron chi connectivity index (χ4n) is 4.33. The SMILES string of the molecule is Cn1nc(C(=O)N2CCC(C3=C(C(F)(F)F)C=CCC3)CC2)c2ccccc21. The summed E-state index contributed by atoms with van der Waals surface area (Å²) in [6, 6.07) is 7.55. The van der Waals surface area contributed by atoms with Crippen LogP contribution in [0, 0.1) is 5.92 Å². The number of halogens is 3. The molecule has 1 aromatic carbocycles. The molecule has 7 heteroatoms. The van der Waals surface area contributed by atoms with E-state index in [4.69, 9.17) is 0 Å². The topological polar surface area (TPSA) is 38.1 Å². The van der Waals surface area contributed by atoms with E-state index in [0.717, 1.165) is 10.9 Å². The number of allylic oxidation sites excluding steroid dienone is 4. The molecular weight excluding hydrogens is 367 g/mol. The van der Waals surface area contributed by atoms with Gasteiger partial charge >= 0.3 is 6.18 Å². The smallest absolute Gasteiger partial charge is 0.337 e. The molecule has 28 heavy (non-hydrogen) atoms. The highest BCUT2D eigenvalue weighted by atomic mass is 19.4. The van der Waals surface area contributed by atoms with E-state index in [1.807, 2.05) is 24.3 Å². The molecule has 1 aliphatic carbocycles. The molecule has 1 amide bonds. The molecule has 1 aliphatic heterocycles. The van der Waals surface area contributed by atoms with Crippen LogP contribution in [0.4, 0.5) is 13.2 Å². The number of piperidine rings is 1. The summed E-state index contributed by atoms with van der Waals surface area (Å²) in [4.78, 5) is 14.7. The molecular formula is C21H22F3N3O. The van der Waals surface area contributed by atoms with Gasteiger partial charge in [0.25, 0.3) is 5.91 Å². The second kappa shape index (κ2) is 7.11. The quantitative estimate of drug-likeness (QED) is 0.751. The van der Waals surface area contributed by atoms with Crippen molar-refractivity contribution in [2.75, 3.05) is 13.1 Å². The van der Waals surface area contributed by atoms with Crippen LogP contribution in [0.1, 0.15) is 36.2 Å². The van der Waals surface area contributed by atoms with Crippen LogP contribution in [0.5, 0.6) is 0 Å². The third kappa shape index (κ3) is 3.34. The van der Waals surface area contributed by atoms with Crippen molar-refractivity contribution in [1.29, 1.82) is 0 Å². The van der Waals surface area contributed by atoms with E-state index in [1.165, 1.54) is 6.08 Å². The number of likely N-dealkylation sites (tertiary alicyclic amines) is 1. The minimum atomic E-state index is -4.31. The molecule has 2 heterocycles. The van der Waals surface area contributed by atoms with Crippen molar-refractivity contribution >= 4 is 16.8 Å². The molecule has 0 N–H and O–H groups in total. The third-order valence-electron chi connectivity index (χ3n) is 5.75. The molecule has 0 spiro atoms. The summed E-state index contributed by atoms with van der Waals surface area (Å²) in [5, 5.41) is 5.18. The molecule has 2 aliphatic rings. The van der Waals surface area contributed by atoms with Crippen LogP contribution < -0.4 is 0 Å². The van der Waals surface area contributed by atoms with E-state index in [9.17, 15) is 18.0 Å². The molecule has 2 aromatic rings. The first-order valence-corrected chi connectivity index (χ1v) is 9.54. The van der Waals surface area contributed by atoms with Crippen LogP contribution in [0.25, 0.3) is 10.9 Å². The lowest BCUT2D eigenvalue weighted by Gasteiger charge is -2.34. The van der Waals surface area contributed by atoms with E-state index in [-0.39, 0.29) is 11.8 Å². The Bertz CT molecular complexity index is 963. The van der Waals surface area contributed by atoms with Crippen LogP contribution in [0.15, 0.2) is 47.6 Å². The van der Waals surface area contributed by atoms with Gasteiger partial charge in [0.2, 0.25) is 0 Å². The second-order valence-electron chi connectivity index (χ2n) is 7.43. The zero-order chi connectivity index (χ0) is 19.9. The highest BCUT2D eigenvalue weighted by Gasteiger charge is 2.38. The largest absolute Gasteiger partial charge is 0.416 e. The number of carbonyl (C=O) groups is 1. The number of carbonyl (C=O) groups excluding carboxylic acids is 1. The van der Waals surface area contributed by atoms with E-state index in [2.05, 4.69) is 5.10 Å². The first-order valence-electron chi connectivity index (χ1n) is 9.54. The molecule has 0 unspecified atom stereocenters. The summed E-state index contributed by atoms with van der Waals surface area (Å²) in [6.45, 7) is 0.902. The van der Waals surface area contributed by atoms with Gasteiger partial charge < -0.3 is 4.90 Å². The maximum Gasteiger partial charge on any atom is 0.416 e. The van der Waals surface area contributed by atoms with Crippen LogP contribution >= 0.6 is 0 Å². The van der Waals surface area contributed by atoms with E-state index < -0.39 is 11.7 Å². The zero-order valence-electron chi connectivity index (χ0n) is 15.7. The van der Waals surface area contributed by atoms with Crippen molar-refractivity contribution < 1.29 is 18.0 Å². The molecule has 1 fully saturated rings. The molecule has 0 saturated carbocycles. The standard InChI is InChI=1S/C21H22F3N3O/c1-26-18-9-5-3-7-16(18)19(25-26)20(28)27-12-10-14(11-13-27)15-6-2-4-8-17(15)21(22,23)24/h3-5,7-9,14H,2,6,10-13H2,1H3. The summed E-state index contributed by atoms with van der Waals surface area (Å²) in [6.07, 6.45) is 0.709. The summed E-state index contributed by atoms with van der Waals surface area (Å²) in [5.74, 6) is -0.269. The minimum Gasteiger partial charge on any atom is -0.337 e. The van der Waals surface area contributed by atoms with E-state index in [0.29, 0.717) is 50.0 Å². The molecule has 148 valence electrons. The average Bonchev–Trinajstić information content (AvgIpc) is 3.04. The average molecular weight is 389 g/mol. The Morgan fingerprint density at radius 2 is 1.89 bits per heavy atom. The van der Waals surface area contributed by atoms with Crippen molar-refractivity contribution in [2.45, 2.75) is 31.9 Å². The Morgan fingerprint density at radius 3 is 2.61 bits per heavy atom. The lowest BCUT2D eigenvalue weighted by molar-refractivity contribution is -0.0900. The number of benzene rings is 1. The summed E-state index contributed by atoms with van der Waals surface area (Å²) in [5.41, 5.74) is 1.31. The number of fused-ring (bicyclic) bond motifs is 1. The zero-order valence-corrected chi connectivity index (χ0v) is 15.7. The summed E-state index contributed by atoms with van der Waals surface area (Å²) >= 11 is 0. The van der Waals surface area contributed by atoms with Crippen LogP contribution in [-0.2, 0) is 7.05 Å². The maximum absolute atomic E-state index is 13.3. The Labute approximate surface area is 161 Å². The number of aromatic nitrogens is 2. The molecule has 0 bridgehead atoms. The van der Waals surface area contributed by atoms with E-state index >= 15 is 0 Å². The van der Waals surface area contributed by atoms with Gasteiger partial charge in [-0.15, -0.1) is 0 Å². The number of nitrogens with zero attached hydrogens (tertiary/aromatic N) is 3. The number of amides is 1. The fourth-order valence-corrected chi connectivity index (χ4v) is 4.33. The molecule has 0 atom stereocenters. The van der Waals surface area contributed by atoms with Gasteiger partial charge in [-0.25, -0.2) is 0 Å². The van der Waals surface area contributed by atoms with Gasteiger partial charge in [0.1, 0.15) is 0 Å². The second-order valence-corrected chi connectivity index (χ2v) is 7.43. The van der Waals surface area contributed by atoms with Gasteiger partial charge in [-0.05, 0) is 37.7 Å². The molecule has 0 radical (unpaired) electrons. The molecule has 4 nitrogen and oxygen atoms in total. The third-order valence-corrected chi connectivity index (χ3v) is 5.75. The van der Waals surface area contributed by atoms with Gasteiger partial charge in [-0.3, -0.25) is 9.48 Å². The predicted molar refractivity (Wildman–Crippen MR) is 101 cm³/mol. The highest BCUT2D eigenvalue weighted by molar-refractivity contribution is 6.04. The number of hydrogen-bond donors (Lipinski definition) is 0. The number of hydrogen-bond acceptors (Lipinski definition) is 2. The Morgan fingerprint density at radius 1 is 1.18 bits per heavy atom. The first kappa shape index (κ1) is 18.8. The number of rotatable bonds is 2. The first-order chi connectivity index (χ1) is 13.4. The van der Waals surface area contributed by atoms with Crippen molar-refractivity contribution in [3.8, 4) is 0 Å². The number of aryl methyl sites for hydroxylation is 1. The molecule has 1 aromatic heterocycles. The van der Waals surface area contributed by atoms with Crippen LogP contribution in [0.2, 0.25) is 0 Å². The number of para-hydroxylation sites is 1. The van der Waals surface area contributed by atoms with Crippen molar-refractivity contribution in [1.82, 2.24) is 14.7 Å². The molecule has 1 saturated heterocycles. The van der Waals surface area contributed by atoms with Gasteiger partial charge in [0.15, 0.2) is 5.69 Å². The van der Waals surface area contributed by atoms with Crippen LogP contribution in [0.3, 0.4) is 0 Å². The minimum absolute atomic E-state index is 0.119. The van der Waals surface area contributed by atoms with Crippen molar-refractivity contribution in [3.05, 3.63) is 53.3 Å². The van der Waals surface area contributed by atoms with Crippen molar-refractivity contribution in [2.24, 2.45) is 13.0 Å². The molecule has 4 rings (SSSR count). The van der Waals surface area contributed by atoms with Gasteiger partial charge in [-0.2, -0.15) is 18.3 Å². The summed E-state index contributed by atoms with van der Waals surface area (Å²) < 4.78 is 41.7. The predicted octanol–water partition coefficient (Wildman–Crippen LogP) is 4.63. The van der Waals surface area contributed by atoms with Crippen molar-refractivity contribution in [3.63, 3.8) is 0 Å². The number of alkyl halides is 3. The lowest BCUT2D eigenvalue weighted by atomic mass is 9.81.